The summed E-state index contributed by atoms with van der Waals surface area (Å²) >= 11 is 1.07. The lowest BCUT2D eigenvalue weighted by Crippen LogP contribution is -2.21. The summed E-state index contributed by atoms with van der Waals surface area (Å²) in [6.45, 7) is 3.39. The maximum absolute atomic E-state index is 12.6. The van der Waals surface area contributed by atoms with Crippen LogP contribution in [0.15, 0.2) is 54.6 Å². The molecule has 2 aromatic heterocycles. The molecule has 0 bridgehead atoms. The molecule has 0 radical (unpaired) electrons. The minimum atomic E-state index is -0.538. The normalized spacial score (nSPS) is 10.8. The molecule has 0 saturated heterocycles. The van der Waals surface area contributed by atoms with Gasteiger partial charge in [-0.3, -0.25) is 4.79 Å². The second-order valence-electron chi connectivity index (χ2n) is 6.52. The molecule has 4 aromatic rings. The van der Waals surface area contributed by atoms with E-state index in [-0.39, 0.29) is 6.61 Å². The highest BCUT2D eigenvalue weighted by atomic mass is 32.1. The zero-order valence-electron chi connectivity index (χ0n) is 15.9. The zero-order chi connectivity index (χ0) is 20.4. The molecule has 1 N–H and O–H groups in total. The molecule has 146 valence electrons. The quantitative estimate of drug-likeness (QED) is 0.508. The van der Waals surface area contributed by atoms with Gasteiger partial charge in [0.15, 0.2) is 6.61 Å². The van der Waals surface area contributed by atoms with Gasteiger partial charge in [-0.25, -0.2) is 4.79 Å². The Bertz CT molecular complexity index is 1200. The van der Waals surface area contributed by atoms with E-state index < -0.39 is 11.9 Å². The number of fused-ring (bicyclic) bond motifs is 1. The van der Waals surface area contributed by atoms with E-state index in [4.69, 9.17) is 4.74 Å². The highest BCUT2D eigenvalue weighted by Crippen LogP contribution is 2.22. The van der Waals surface area contributed by atoms with Crippen LogP contribution in [0.4, 0.5) is 5.69 Å². The average molecular weight is 406 g/mol. The van der Waals surface area contributed by atoms with E-state index in [0.717, 1.165) is 28.8 Å². The van der Waals surface area contributed by atoms with E-state index in [1.54, 1.807) is 18.2 Å². The fourth-order valence-electron chi connectivity index (χ4n) is 3.25. The van der Waals surface area contributed by atoms with E-state index in [1.807, 2.05) is 54.8 Å². The molecule has 1 amide bonds. The van der Waals surface area contributed by atoms with Crippen molar-refractivity contribution in [1.82, 2.24) is 13.3 Å². The number of carbonyl (C=O) groups excluding carboxylic acids is 2. The summed E-state index contributed by atoms with van der Waals surface area (Å²) in [6, 6.07) is 16.9. The smallest absolute Gasteiger partial charge is 0.340 e. The predicted octanol–water partition coefficient (Wildman–Crippen LogP) is 3.89. The summed E-state index contributed by atoms with van der Waals surface area (Å²) < 4.78 is 15.5. The van der Waals surface area contributed by atoms with Crippen LogP contribution in [-0.2, 0) is 9.53 Å². The zero-order valence-corrected chi connectivity index (χ0v) is 16.7. The van der Waals surface area contributed by atoms with Gasteiger partial charge in [0.2, 0.25) is 0 Å². The Hall–Kier alpha value is -3.52. The fourth-order valence-corrected chi connectivity index (χ4v) is 3.80. The van der Waals surface area contributed by atoms with Crippen molar-refractivity contribution in [3.05, 3.63) is 71.5 Å². The highest BCUT2D eigenvalue weighted by molar-refractivity contribution is 7.00. The molecule has 0 aliphatic heterocycles. The molecule has 0 saturated carbocycles. The average Bonchev–Trinajstić information content (AvgIpc) is 3.32. The van der Waals surface area contributed by atoms with Crippen molar-refractivity contribution in [2.45, 2.75) is 13.8 Å². The van der Waals surface area contributed by atoms with Gasteiger partial charge in [-0.05, 0) is 44.2 Å². The van der Waals surface area contributed by atoms with Crippen molar-refractivity contribution in [1.29, 1.82) is 0 Å². The first-order chi connectivity index (χ1) is 14.0. The first-order valence-electron chi connectivity index (χ1n) is 8.97. The first kappa shape index (κ1) is 18.8. The standard InChI is InChI=1S/C21H18N4O3S/c1-13-11-16(14(2)25(13)15-7-4-3-5-8-15)21(27)28-12-19(26)22-17-9-6-10-18-20(17)24-29-23-18/h3-11H,12H2,1-2H3,(H,22,26). The lowest BCUT2D eigenvalue weighted by Gasteiger charge is -2.10. The number of para-hydroxylation sites is 1. The molecule has 0 fully saturated rings. The lowest BCUT2D eigenvalue weighted by molar-refractivity contribution is -0.119. The molecule has 0 spiro atoms. The van der Waals surface area contributed by atoms with Gasteiger partial charge in [-0.15, -0.1) is 0 Å². The van der Waals surface area contributed by atoms with Crippen molar-refractivity contribution >= 4 is 40.3 Å². The van der Waals surface area contributed by atoms with Gasteiger partial charge in [0.05, 0.1) is 23.0 Å². The largest absolute Gasteiger partial charge is 0.452 e. The van der Waals surface area contributed by atoms with Crippen LogP contribution >= 0.6 is 11.7 Å². The van der Waals surface area contributed by atoms with Crippen LogP contribution in [0.25, 0.3) is 16.7 Å². The SMILES string of the molecule is Cc1cc(C(=O)OCC(=O)Nc2cccc3nsnc23)c(C)n1-c1ccccc1. The number of rotatable bonds is 5. The highest BCUT2D eigenvalue weighted by Gasteiger charge is 2.19. The molecule has 4 rings (SSSR count). The number of carbonyl (C=O) groups is 2. The number of hydrogen-bond donors (Lipinski definition) is 1. The Morgan fingerprint density at radius 3 is 2.66 bits per heavy atom. The maximum atomic E-state index is 12.6. The van der Waals surface area contributed by atoms with Crippen LogP contribution in [0.3, 0.4) is 0 Å². The minimum Gasteiger partial charge on any atom is -0.452 e. The second kappa shape index (κ2) is 7.84. The van der Waals surface area contributed by atoms with Gasteiger partial charge >= 0.3 is 5.97 Å². The van der Waals surface area contributed by atoms with Crippen LogP contribution in [0.5, 0.6) is 0 Å². The third kappa shape index (κ3) is 3.74. The number of nitrogens with zero attached hydrogens (tertiary/aromatic N) is 3. The monoisotopic (exact) mass is 406 g/mol. The van der Waals surface area contributed by atoms with Gasteiger partial charge in [0.25, 0.3) is 5.91 Å². The number of aromatic nitrogens is 3. The minimum absolute atomic E-state index is 0.387. The van der Waals surface area contributed by atoms with Gasteiger partial charge in [-0.1, -0.05) is 24.3 Å². The Kier molecular flexibility index (Phi) is 5.09. The summed E-state index contributed by atoms with van der Waals surface area (Å²) in [4.78, 5) is 24.8. The third-order valence-electron chi connectivity index (χ3n) is 4.56. The fraction of sp³-hybridized carbons (Fsp3) is 0.143. The number of ether oxygens (including phenoxy) is 1. The number of aryl methyl sites for hydroxylation is 1. The molecule has 8 heteroatoms. The van der Waals surface area contributed by atoms with Crippen molar-refractivity contribution in [2.24, 2.45) is 0 Å². The number of benzene rings is 2. The van der Waals surface area contributed by atoms with Gasteiger partial charge < -0.3 is 14.6 Å². The summed E-state index contributed by atoms with van der Waals surface area (Å²) in [5.74, 6) is -0.973. The second-order valence-corrected chi connectivity index (χ2v) is 7.05. The molecular weight excluding hydrogens is 388 g/mol. The van der Waals surface area contributed by atoms with Gasteiger partial charge in [-0.2, -0.15) is 8.75 Å². The Labute approximate surface area is 171 Å². The van der Waals surface area contributed by atoms with Gasteiger partial charge in [0.1, 0.15) is 11.0 Å². The Balaban J connectivity index is 1.45. The molecule has 0 atom stereocenters. The number of anilines is 1. The maximum Gasteiger partial charge on any atom is 0.340 e. The molecule has 2 aromatic carbocycles. The lowest BCUT2D eigenvalue weighted by atomic mass is 10.2. The topological polar surface area (TPSA) is 86.1 Å². The van der Waals surface area contributed by atoms with E-state index in [1.165, 1.54) is 0 Å². The van der Waals surface area contributed by atoms with Crippen LogP contribution in [0, 0.1) is 13.8 Å². The van der Waals surface area contributed by atoms with Crippen molar-refractivity contribution < 1.29 is 14.3 Å². The molecule has 0 aliphatic rings. The molecule has 0 unspecified atom stereocenters. The van der Waals surface area contributed by atoms with E-state index in [2.05, 4.69) is 14.1 Å². The summed E-state index contributed by atoms with van der Waals surface area (Å²) in [7, 11) is 0. The Morgan fingerprint density at radius 1 is 1.07 bits per heavy atom. The Morgan fingerprint density at radius 2 is 1.86 bits per heavy atom. The van der Waals surface area contributed by atoms with Crippen LogP contribution < -0.4 is 5.32 Å². The molecular formula is C21H18N4O3S. The third-order valence-corrected chi connectivity index (χ3v) is 5.10. The van der Waals surface area contributed by atoms with Crippen LogP contribution in [-0.4, -0.2) is 31.8 Å². The van der Waals surface area contributed by atoms with Crippen molar-refractivity contribution in [3.8, 4) is 5.69 Å². The number of nitrogens with one attached hydrogen (secondary N) is 1. The predicted molar refractivity (Wildman–Crippen MR) is 112 cm³/mol. The van der Waals surface area contributed by atoms with Crippen LogP contribution in [0.1, 0.15) is 21.7 Å². The van der Waals surface area contributed by atoms with E-state index in [0.29, 0.717) is 22.3 Å². The molecule has 0 aliphatic carbocycles. The number of hydrogen-bond acceptors (Lipinski definition) is 6. The molecule has 29 heavy (non-hydrogen) atoms. The van der Waals surface area contributed by atoms with Crippen molar-refractivity contribution in [3.63, 3.8) is 0 Å². The van der Waals surface area contributed by atoms with E-state index >= 15 is 0 Å². The van der Waals surface area contributed by atoms with Crippen LogP contribution in [0.2, 0.25) is 0 Å². The summed E-state index contributed by atoms with van der Waals surface area (Å²) in [5.41, 5.74) is 4.93. The first-order valence-corrected chi connectivity index (χ1v) is 9.70. The van der Waals surface area contributed by atoms with Gasteiger partial charge in [0, 0.05) is 17.1 Å². The number of amides is 1. The summed E-state index contributed by atoms with van der Waals surface area (Å²) in [6.07, 6.45) is 0. The summed E-state index contributed by atoms with van der Waals surface area (Å²) in [5, 5.41) is 2.72. The number of esters is 1. The molecule has 2 heterocycles. The van der Waals surface area contributed by atoms with E-state index in [9.17, 15) is 9.59 Å². The molecule has 7 nitrogen and oxygen atoms in total. The van der Waals surface area contributed by atoms with Crippen molar-refractivity contribution in [2.75, 3.05) is 11.9 Å².